The van der Waals surface area contributed by atoms with Crippen LogP contribution in [-0.4, -0.2) is 5.78 Å². The maximum absolute atomic E-state index is 13.0. The summed E-state index contributed by atoms with van der Waals surface area (Å²) >= 11 is 0. The number of carbonyl (C=O) groups is 1. The Morgan fingerprint density at radius 2 is 2.05 bits per heavy atom. The molecule has 0 fully saturated rings. The van der Waals surface area contributed by atoms with E-state index in [9.17, 15) is 9.18 Å². The second-order valence-corrected chi connectivity index (χ2v) is 4.06. The Morgan fingerprint density at radius 1 is 1.26 bits per heavy atom. The Balaban J connectivity index is 2.34. The third-order valence-electron chi connectivity index (χ3n) is 2.65. The van der Waals surface area contributed by atoms with Crippen molar-refractivity contribution >= 4 is 17.2 Å². The largest absolute Gasteiger partial charge is 0.354 e. The first-order valence-corrected chi connectivity index (χ1v) is 5.68. The molecule has 2 aromatic carbocycles. The van der Waals surface area contributed by atoms with Gasteiger partial charge in [-0.25, -0.2) is 4.39 Å². The Labute approximate surface area is 110 Å². The average molecular weight is 254 g/mol. The van der Waals surface area contributed by atoms with Crippen molar-refractivity contribution in [2.75, 3.05) is 5.32 Å². The molecule has 2 rings (SSSR count). The number of halogens is 1. The highest BCUT2D eigenvalue weighted by molar-refractivity contribution is 5.95. The fourth-order valence-electron chi connectivity index (χ4n) is 1.69. The van der Waals surface area contributed by atoms with Gasteiger partial charge in [0.2, 0.25) is 0 Å². The SMILES string of the molecule is CC(=O)c1cccc(Nc2ccc(F)cc2C#N)c1. The number of nitrogens with zero attached hydrogens (tertiary/aromatic N) is 1. The number of nitriles is 1. The van der Waals surface area contributed by atoms with Gasteiger partial charge in [0.05, 0.1) is 11.3 Å². The van der Waals surface area contributed by atoms with Gasteiger partial charge in [-0.3, -0.25) is 4.79 Å². The van der Waals surface area contributed by atoms with E-state index < -0.39 is 5.82 Å². The first kappa shape index (κ1) is 12.8. The highest BCUT2D eigenvalue weighted by Gasteiger charge is 2.05. The van der Waals surface area contributed by atoms with Crippen molar-refractivity contribution in [2.45, 2.75) is 6.92 Å². The van der Waals surface area contributed by atoms with Gasteiger partial charge >= 0.3 is 0 Å². The number of hydrogen-bond acceptors (Lipinski definition) is 3. The summed E-state index contributed by atoms with van der Waals surface area (Å²) in [7, 11) is 0. The zero-order chi connectivity index (χ0) is 13.8. The van der Waals surface area contributed by atoms with Crippen molar-refractivity contribution in [3.8, 4) is 6.07 Å². The van der Waals surface area contributed by atoms with Gasteiger partial charge in [0, 0.05) is 11.3 Å². The second kappa shape index (κ2) is 5.32. The zero-order valence-corrected chi connectivity index (χ0v) is 10.3. The van der Waals surface area contributed by atoms with Gasteiger partial charge in [0.15, 0.2) is 5.78 Å². The highest BCUT2D eigenvalue weighted by atomic mass is 19.1. The topological polar surface area (TPSA) is 52.9 Å². The molecule has 0 radical (unpaired) electrons. The van der Waals surface area contributed by atoms with Crippen molar-refractivity contribution in [1.82, 2.24) is 0 Å². The Bertz CT molecular complexity index is 674. The van der Waals surface area contributed by atoms with E-state index >= 15 is 0 Å². The minimum atomic E-state index is -0.459. The number of nitrogens with one attached hydrogen (secondary N) is 1. The van der Waals surface area contributed by atoms with Crippen molar-refractivity contribution in [1.29, 1.82) is 5.26 Å². The van der Waals surface area contributed by atoms with Crippen LogP contribution in [0.1, 0.15) is 22.8 Å². The number of anilines is 2. The summed E-state index contributed by atoms with van der Waals surface area (Å²) in [5.74, 6) is -0.497. The Kier molecular flexibility index (Phi) is 3.58. The van der Waals surface area contributed by atoms with E-state index in [1.165, 1.54) is 19.1 Å². The minimum Gasteiger partial charge on any atom is -0.354 e. The lowest BCUT2D eigenvalue weighted by molar-refractivity contribution is 0.101. The fraction of sp³-hybridized carbons (Fsp3) is 0.0667. The van der Waals surface area contributed by atoms with Crippen LogP contribution in [0.5, 0.6) is 0 Å². The van der Waals surface area contributed by atoms with Crippen molar-refractivity contribution < 1.29 is 9.18 Å². The van der Waals surface area contributed by atoms with E-state index in [-0.39, 0.29) is 11.3 Å². The van der Waals surface area contributed by atoms with Gasteiger partial charge < -0.3 is 5.32 Å². The van der Waals surface area contributed by atoms with Crippen LogP contribution in [0.25, 0.3) is 0 Å². The molecule has 94 valence electrons. The quantitative estimate of drug-likeness (QED) is 0.851. The molecular weight excluding hydrogens is 243 g/mol. The smallest absolute Gasteiger partial charge is 0.159 e. The molecule has 1 N–H and O–H groups in total. The summed E-state index contributed by atoms with van der Waals surface area (Å²) < 4.78 is 13.0. The van der Waals surface area contributed by atoms with Crippen molar-refractivity contribution in [3.63, 3.8) is 0 Å². The average Bonchev–Trinajstić information content (AvgIpc) is 2.41. The van der Waals surface area contributed by atoms with Crippen LogP contribution in [0.4, 0.5) is 15.8 Å². The fourth-order valence-corrected chi connectivity index (χ4v) is 1.69. The molecule has 0 unspecified atom stereocenters. The summed E-state index contributed by atoms with van der Waals surface area (Å²) in [5, 5.41) is 12.0. The Morgan fingerprint density at radius 3 is 2.74 bits per heavy atom. The monoisotopic (exact) mass is 254 g/mol. The summed E-state index contributed by atoms with van der Waals surface area (Å²) in [6.45, 7) is 1.48. The molecule has 0 aromatic heterocycles. The van der Waals surface area contributed by atoms with E-state index in [1.807, 2.05) is 6.07 Å². The van der Waals surface area contributed by atoms with Gasteiger partial charge in [0.25, 0.3) is 0 Å². The van der Waals surface area contributed by atoms with E-state index in [4.69, 9.17) is 5.26 Å². The lowest BCUT2D eigenvalue weighted by Crippen LogP contribution is -1.97. The van der Waals surface area contributed by atoms with Crippen LogP contribution in [0.2, 0.25) is 0 Å². The van der Waals surface area contributed by atoms with Crippen LogP contribution in [0, 0.1) is 17.1 Å². The lowest BCUT2D eigenvalue weighted by Gasteiger charge is -2.09. The molecule has 19 heavy (non-hydrogen) atoms. The van der Waals surface area contributed by atoms with E-state index in [0.29, 0.717) is 16.9 Å². The van der Waals surface area contributed by atoms with Gasteiger partial charge in [0.1, 0.15) is 11.9 Å². The number of hydrogen-bond donors (Lipinski definition) is 1. The van der Waals surface area contributed by atoms with Crippen LogP contribution >= 0.6 is 0 Å². The molecule has 2 aromatic rings. The predicted molar refractivity (Wildman–Crippen MR) is 70.8 cm³/mol. The van der Waals surface area contributed by atoms with E-state index in [0.717, 1.165) is 6.07 Å². The van der Waals surface area contributed by atoms with Gasteiger partial charge in [-0.05, 0) is 37.3 Å². The molecule has 0 spiro atoms. The maximum atomic E-state index is 13.0. The number of rotatable bonds is 3. The highest BCUT2D eigenvalue weighted by Crippen LogP contribution is 2.22. The van der Waals surface area contributed by atoms with Crippen molar-refractivity contribution in [2.24, 2.45) is 0 Å². The van der Waals surface area contributed by atoms with Gasteiger partial charge in [-0.1, -0.05) is 12.1 Å². The Hall–Kier alpha value is -2.67. The summed E-state index contributed by atoms with van der Waals surface area (Å²) in [5.41, 5.74) is 1.97. The number of ketones is 1. The molecule has 0 atom stereocenters. The first-order chi connectivity index (χ1) is 9.10. The van der Waals surface area contributed by atoms with Crippen LogP contribution in [0.15, 0.2) is 42.5 Å². The first-order valence-electron chi connectivity index (χ1n) is 5.68. The molecule has 0 aliphatic carbocycles. The summed E-state index contributed by atoms with van der Waals surface area (Å²) in [6, 6.07) is 12.8. The summed E-state index contributed by atoms with van der Waals surface area (Å²) in [4.78, 5) is 11.3. The number of carbonyl (C=O) groups excluding carboxylic acids is 1. The van der Waals surface area contributed by atoms with Gasteiger partial charge in [-0.2, -0.15) is 5.26 Å². The van der Waals surface area contributed by atoms with E-state index in [2.05, 4.69) is 5.32 Å². The molecule has 0 saturated heterocycles. The third-order valence-corrected chi connectivity index (χ3v) is 2.65. The van der Waals surface area contributed by atoms with Crippen LogP contribution in [0.3, 0.4) is 0 Å². The molecule has 0 bridgehead atoms. The maximum Gasteiger partial charge on any atom is 0.159 e. The predicted octanol–water partition coefficient (Wildman–Crippen LogP) is 3.64. The normalized spacial score (nSPS) is 9.74. The van der Waals surface area contributed by atoms with Crippen LogP contribution < -0.4 is 5.32 Å². The molecular formula is C15H11FN2O. The molecule has 0 aliphatic heterocycles. The van der Waals surface area contributed by atoms with Gasteiger partial charge in [-0.15, -0.1) is 0 Å². The standard InChI is InChI=1S/C15H11FN2O/c1-10(19)11-3-2-4-14(8-11)18-15-6-5-13(16)7-12(15)9-17/h2-8,18H,1H3. The molecule has 3 nitrogen and oxygen atoms in total. The molecule has 0 heterocycles. The van der Waals surface area contributed by atoms with E-state index in [1.54, 1.807) is 24.3 Å². The lowest BCUT2D eigenvalue weighted by atomic mass is 10.1. The molecule has 0 saturated carbocycles. The minimum absolute atomic E-state index is 0.0386. The zero-order valence-electron chi connectivity index (χ0n) is 10.3. The van der Waals surface area contributed by atoms with Crippen molar-refractivity contribution in [3.05, 3.63) is 59.4 Å². The number of Topliss-reactive ketones (excluding diaryl/α,β-unsaturated/α-hetero) is 1. The number of benzene rings is 2. The van der Waals surface area contributed by atoms with Crippen LogP contribution in [-0.2, 0) is 0 Å². The second-order valence-electron chi connectivity index (χ2n) is 4.06. The summed E-state index contributed by atoms with van der Waals surface area (Å²) in [6.07, 6.45) is 0. The molecule has 0 amide bonds. The molecule has 4 heteroatoms. The third kappa shape index (κ3) is 2.96. The molecule has 0 aliphatic rings.